The summed E-state index contributed by atoms with van der Waals surface area (Å²) in [6, 6.07) is 4.17. The van der Waals surface area contributed by atoms with Crippen molar-refractivity contribution >= 4 is 41.3 Å². The van der Waals surface area contributed by atoms with Crippen molar-refractivity contribution in [1.82, 2.24) is 20.6 Å². The lowest BCUT2D eigenvalue weighted by molar-refractivity contribution is 0.792. The van der Waals surface area contributed by atoms with Gasteiger partial charge in [0.2, 0.25) is 0 Å². The first-order valence-electron chi connectivity index (χ1n) is 8.46. The third kappa shape index (κ3) is 7.68. The second kappa shape index (κ2) is 11.4. The number of nitrogens with zero attached hydrogens (tertiary/aromatic N) is 3. The number of thiazole rings is 1. The molecule has 2 rings (SSSR count). The molecule has 0 fully saturated rings. The van der Waals surface area contributed by atoms with E-state index in [0.29, 0.717) is 12.5 Å². The van der Waals surface area contributed by atoms with Crippen LogP contribution in [0.5, 0.6) is 0 Å². The van der Waals surface area contributed by atoms with Gasteiger partial charge in [0.15, 0.2) is 5.96 Å². The summed E-state index contributed by atoms with van der Waals surface area (Å²) in [6.45, 7) is 10.7. The van der Waals surface area contributed by atoms with Gasteiger partial charge in [-0.3, -0.25) is 4.98 Å². The number of aryl methyl sites for hydroxylation is 1. The van der Waals surface area contributed by atoms with Gasteiger partial charge in [0.1, 0.15) is 5.01 Å². The van der Waals surface area contributed by atoms with Gasteiger partial charge in [0, 0.05) is 30.4 Å². The minimum atomic E-state index is 0. The molecule has 2 heterocycles. The predicted octanol–water partition coefficient (Wildman–Crippen LogP) is 3.89. The zero-order valence-corrected chi connectivity index (χ0v) is 18.5. The van der Waals surface area contributed by atoms with Crippen LogP contribution in [0.2, 0.25) is 0 Å². The number of rotatable bonds is 7. The molecule has 138 valence electrons. The summed E-state index contributed by atoms with van der Waals surface area (Å²) in [7, 11) is 0. The van der Waals surface area contributed by atoms with Crippen LogP contribution < -0.4 is 10.6 Å². The fraction of sp³-hybridized carbons (Fsp3) is 0.500. The maximum absolute atomic E-state index is 4.63. The zero-order valence-electron chi connectivity index (χ0n) is 15.4. The molecule has 0 unspecified atom stereocenters. The van der Waals surface area contributed by atoms with Gasteiger partial charge in [0.05, 0.1) is 12.2 Å². The lowest BCUT2D eigenvalue weighted by atomic mass is 10.2. The molecule has 5 nitrogen and oxygen atoms in total. The Morgan fingerprint density at radius 3 is 2.68 bits per heavy atom. The molecule has 0 bridgehead atoms. The standard InChI is InChI=1S/C18H27N5S.HI/c1-5-19-18(20-9-8-15-7-6-14(4)21-10-15)22-11-17-23-16(12-24-17)13(2)3;/h6-7,10,12-13H,5,8-9,11H2,1-4H3,(H2,19,20,22);1H. The van der Waals surface area contributed by atoms with Crippen LogP contribution in [0.15, 0.2) is 28.7 Å². The third-order valence-corrected chi connectivity index (χ3v) is 4.41. The molecule has 2 aromatic heterocycles. The van der Waals surface area contributed by atoms with Crippen LogP contribution in [0.25, 0.3) is 0 Å². The summed E-state index contributed by atoms with van der Waals surface area (Å²) in [5, 5.41) is 9.83. The lowest BCUT2D eigenvalue weighted by Gasteiger charge is -2.11. The van der Waals surface area contributed by atoms with Gasteiger partial charge in [0.25, 0.3) is 0 Å². The number of nitrogens with one attached hydrogen (secondary N) is 2. The molecule has 0 amide bonds. The molecular weight excluding hydrogens is 445 g/mol. The summed E-state index contributed by atoms with van der Waals surface area (Å²) in [5.41, 5.74) is 3.42. The highest BCUT2D eigenvalue weighted by molar-refractivity contribution is 14.0. The zero-order chi connectivity index (χ0) is 17.4. The van der Waals surface area contributed by atoms with Crippen molar-refractivity contribution in [3.05, 3.63) is 45.7 Å². The molecule has 0 aliphatic carbocycles. The molecule has 0 aliphatic heterocycles. The Kier molecular flexibility index (Phi) is 9.96. The molecule has 0 aromatic carbocycles. The van der Waals surface area contributed by atoms with Crippen molar-refractivity contribution in [2.45, 2.75) is 46.6 Å². The predicted molar refractivity (Wildman–Crippen MR) is 117 cm³/mol. The van der Waals surface area contributed by atoms with Gasteiger partial charge in [-0.2, -0.15) is 0 Å². The second-order valence-corrected chi connectivity index (χ2v) is 6.94. The van der Waals surface area contributed by atoms with Crippen LogP contribution in [-0.2, 0) is 13.0 Å². The Bertz CT molecular complexity index is 652. The van der Waals surface area contributed by atoms with E-state index >= 15 is 0 Å². The van der Waals surface area contributed by atoms with Crippen LogP contribution >= 0.6 is 35.3 Å². The molecule has 0 saturated heterocycles. The molecule has 2 N–H and O–H groups in total. The quantitative estimate of drug-likeness (QED) is 0.364. The third-order valence-electron chi connectivity index (χ3n) is 3.56. The topological polar surface area (TPSA) is 62.2 Å². The van der Waals surface area contributed by atoms with Gasteiger partial charge in [-0.25, -0.2) is 9.98 Å². The highest BCUT2D eigenvalue weighted by Gasteiger charge is 2.05. The summed E-state index contributed by atoms with van der Waals surface area (Å²) in [6.07, 6.45) is 2.86. The SMILES string of the molecule is CCNC(=NCc1nc(C(C)C)cs1)NCCc1ccc(C)nc1.I. The number of pyridine rings is 1. The molecule has 0 atom stereocenters. The largest absolute Gasteiger partial charge is 0.357 e. The molecule has 0 spiro atoms. The smallest absolute Gasteiger partial charge is 0.191 e. The monoisotopic (exact) mass is 473 g/mol. The highest BCUT2D eigenvalue weighted by Crippen LogP contribution is 2.18. The summed E-state index contributed by atoms with van der Waals surface area (Å²) >= 11 is 1.68. The first-order chi connectivity index (χ1) is 11.6. The number of guanidine groups is 1. The van der Waals surface area contributed by atoms with Gasteiger partial charge >= 0.3 is 0 Å². The van der Waals surface area contributed by atoms with Crippen LogP contribution in [0.3, 0.4) is 0 Å². The maximum atomic E-state index is 4.63. The van der Waals surface area contributed by atoms with E-state index in [1.165, 1.54) is 5.56 Å². The van der Waals surface area contributed by atoms with E-state index in [1.807, 2.05) is 19.2 Å². The van der Waals surface area contributed by atoms with E-state index in [-0.39, 0.29) is 24.0 Å². The van der Waals surface area contributed by atoms with E-state index in [0.717, 1.165) is 41.9 Å². The van der Waals surface area contributed by atoms with Crippen molar-refractivity contribution in [2.75, 3.05) is 13.1 Å². The Morgan fingerprint density at radius 2 is 2.08 bits per heavy atom. The number of hydrogen-bond acceptors (Lipinski definition) is 4. The van der Waals surface area contributed by atoms with E-state index in [4.69, 9.17) is 0 Å². The lowest BCUT2D eigenvalue weighted by Crippen LogP contribution is -2.38. The average Bonchev–Trinajstić information content (AvgIpc) is 3.04. The number of hydrogen-bond donors (Lipinski definition) is 2. The minimum Gasteiger partial charge on any atom is -0.357 e. The molecule has 0 saturated carbocycles. The van der Waals surface area contributed by atoms with Crippen molar-refractivity contribution < 1.29 is 0 Å². The van der Waals surface area contributed by atoms with E-state index in [1.54, 1.807) is 11.3 Å². The minimum absolute atomic E-state index is 0. The Hall–Kier alpha value is -1.22. The van der Waals surface area contributed by atoms with E-state index in [2.05, 4.69) is 57.8 Å². The fourth-order valence-electron chi connectivity index (χ4n) is 2.12. The molecular formula is C18H28IN5S. The first kappa shape index (κ1) is 21.8. The van der Waals surface area contributed by atoms with Crippen molar-refractivity contribution in [1.29, 1.82) is 0 Å². The fourth-order valence-corrected chi connectivity index (χ4v) is 3.00. The van der Waals surface area contributed by atoms with Crippen molar-refractivity contribution in [3.8, 4) is 0 Å². The maximum Gasteiger partial charge on any atom is 0.191 e. The van der Waals surface area contributed by atoms with Gasteiger partial charge in [-0.05, 0) is 37.8 Å². The summed E-state index contributed by atoms with van der Waals surface area (Å²) in [5.74, 6) is 1.30. The molecule has 0 aliphatic rings. The van der Waals surface area contributed by atoms with Crippen LogP contribution in [-0.4, -0.2) is 29.0 Å². The van der Waals surface area contributed by atoms with Crippen LogP contribution in [0, 0.1) is 6.92 Å². The molecule has 0 radical (unpaired) electrons. The van der Waals surface area contributed by atoms with Crippen LogP contribution in [0.4, 0.5) is 0 Å². The van der Waals surface area contributed by atoms with Gasteiger partial charge < -0.3 is 10.6 Å². The normalized spacial score (nSPS) is 11.3. The average molecular weight is 473 g/mol. The number of aromatic nitrogens is 2. The summed E-state index contributed by atoms with van der Waals surface area (Å²) in [4.78, 5) is 13.6. The van der Waals surface area contributed by atoms with Crippen molar-refractivity contribution in [3.63, 3.8) is 0 Å². The molecule has 2 aromatic rings. The Morgan fingerprint density at radius 1 is 1.28 bits per heavy atom. The van der Waals surface area contributed by atoms with Gasteiger partial charge in [-0.15, -0.1) is 35.3 Å². The second-order valence-electron chi connectivity index (χ2n) is 6.00. The summed E-state index contributed by atoms with van der Waals surface area (Å²) < 4.78 is 0. The van der Waals surface area contributed by atoms with E-state index < -0.39 is 0 Å². The Balaban J connectivity index is 0.00000312. The highest BCUT2D eigenvalue weighted by atomic mass is 127. The number of aliphatic imine (C=N–C) groups is 1. The van der Waals surface area contributed by atoms with Crippen LogP contribution in [0.1, 0.15) is 48.6 Å². The van der Waals surface area contributed by atoms with Gasteiger partial charge in [-0.1, -0.05) is 19.9 Å². The number of halogens is 1. The first-order valence-corrected chi connectivity index (χ1v) is 9.34. The molecule has 7 heteroatoms. The van der Waals surface area contributed by atoms with E-state index in [9.17, 15) is 0 Å². The molecule has 25 heavy (non-hydrogen) atoms. The van der Waals surface area contributed by atoms with Crippen molar-refractivity contribution in [2.24, 2.45) is 4.99 Å². The Labute approximate surface area is 171 Å².